The highest BCUT2D eigenvalue weighted by molar-refractivity contribution is 14.1. The van der Waals surface area contributed by atoms with Gasteiger partial charge in [-0.1, -0.05) is 36.4 Å². The number of rotatable bonds is 6. The first kappa shape index (κ1) is 19.9. The van der Waals surface area contributed by atoms with Crippen LogP contribution in [0.25, 0.3) is 0 Å². The van der Waals surface area contributed by atoms with E-state index in [1.54, 1.807) is 12.1 Å². The molecule has 3 aromatic carbocycles. The number of hydrogen-bond acceptors (Lipinski definition) is 3. The molecule has 1 N–H and O–H groups in total. The first-order chi connectivity index (χ1) is 12.9. The molecule has 0 bridgehead atoms. The zero-order chi connectivity index (χ0) is 19.4. The summed E-state index contributed by atoms with van der Waals surface area (Å²) >= 11 is 4.05. The molecule has 1 atom stereocenters. The number of carboxylic acids is 1. The van der Waals surface area contributed by atoms with Crippen LogP contribution in [0.5, 0.6) is 11.5 Å². The standard InChI is InChI=1S/C20H13FI2O4/c21-14-7-4-8-15(11-14)26-20(12-5-2-1-3-6-12)27-18-16(22)9-13(19(24)25)10-17(18)23/h1-11,20H,(H,24,25). The Morgan fingerprint density at radius 1 is 0.926 bits per heavy atom. The summed E-state index contributed by atoms with van der Waals surface area (Å²) < 4.78 is 26.8. The van der Waals surface area contributed by atoms with Crippen LogP contribution in [0.3, 0.4) is 0 Å². The lowest BCUT2D eigenvalue weighted by molar-refractivity contribution is 0.00225. The second-order valence-electron chi connectivity index (χ2n) is 5.51. The SMILES string of the molecule is O=C(O)c1cc(I)c(OC(Oc2cccc(F)c2)c2ccccc2)c(I)c1. The van der Waals surface area contributed by atoms with E-state index in [9.17, 15) is 14.3 Å². The van der Waals surface area contributed by atoms with E-state index in [-0.39, 0.29) is 5.56 Å². The van der Waals surface area contributed by atoms with Gasteiger partial charge in [-0.25, -0.2) is 9.18 Å². The molecule has 0 amide bonds. The molecule has 7 heteroatoms. The van der Waals surface area contributed by atoms with Gasteiger partial charge in [-0.15, -0.1) is 0 Å². The second-order valence-corrected chi connectivity index (χ2v) is 7.83. The molecule has 0 saturated heterocycles. The van der Waals surface area contributed by atoms with Crippen LogP contribution in [0.15, 0.2) is 66.7 Å². The van der Waals surface area contributed by atoms with Crippen molar-refractivity contribution in [3.05, 3.63) is 90.8 Å². The molecule has 1 unspecified atom stereocenters. The van der Waals surface area contributed by atoms with Crippen molar-refractivity contribution >= 4 is 51.2 Å². The van der Waals surface area contributed by atoms with Crippen molar-refractivity contribution in [3.8, 4) is 11.5 Å². The molecule has 27 heavy (non-hydrogen) atoms. The number of benzene rings is 3. The molecule has 138 valence electrons. The third-order valence-corrected chi connectivity index (χ3v) is 5.18. The fourth-order valence-corrected chi connectivity index (χ4v) is 4.36. The Morgan fingerprint density at radius 3 is 2.19 bits per heavy atom. The molecule has 0 spiro atoms. The predicted octanol–water partition coefficient (Wildman–Crippen LogP) is 5.89. The molecule has 0 saturated carbocycles. The van der Waals surface area contributed by atoms with Crippen LogP contribution in [0.2, 0.25) is 0 Å². The minimum atomic E-state index is -1.01. The Balaban J connectivity index is 1.96. The maximum Gasteiger partial charge on any atom is 0.335 e. The average Bonchev–Trinajstić information content (AvgIpc) is 2.64. The molecule has 0 aromatic heterocycles. The minimum Gasteiger partial charge on any atom is -0.478 e. The van der Waals surface area contributed by atoms with E-state index >= 15 is 0 Å². The monoisotopic (exact) mass is 590 g/mol. The molecule has 0 fully saturated rings. The molecule has 0 heterocycles. The molecule has 4 nitrogen and oxygen atoms in total. The van der Waals surface area contributed by atoms with Crippen molar-refractivity contribution in [3.63, 3.8) is 0 Å². The van der Waals surface area contributed by atoms with Crippen LogP contribution in [-0.2, 0) is 0 Å². The van der Waals surface area contributed by atoms with Crippen LogP contribution >= 0.6 is 45.2 Å². The highest BCUT2D eigenvalue weighted by Crippen LogP contribution is 2.34. The van der Waals surface area contributed by atoms with E-state index in [2.05, 4.69) is 0 Å². The van der Waals surface area contributed by atoms with Gasteiger partial charge in [-0.2, -0.15) is 0 Å². The zero-order valence-electron chi connectivity index (χ0n) is 13.7. The summed E-state index contributed by atoms with van der Waals surface area (Å²) in [5.74, 6) is -0.579. The van der Waals surface area contributed by atoms with Crippen molar-refractivity contribution in [2.24, 2.45) is 0 Å². The fourth-order valence-electron chi connectivity index (χ4n) is 2.34. The van der Waals surface area contributed by atoms with Crippen LogP contribution in [0.1, 0.15) is 22.2 Å². The Morgan fingerprint density at radius 2 is 1.59 bits per heavy atom. The Hall–Kier alpha value is -1.88. The number of halogens is 3. The molecule has 0 aliphatic heterocycles. The summed E-state index contributed by atoms with van der Waals surface area (Å²) in [6, 6.07) is 18.1. The molecule has 0 aliphatic carbocycles. The maximum atomic E-state index is 13.5. The van der Waals surface area contributed by atoms with Crippen molar-refractivity contribution < 1.29 is 23.8 Å². The molecule has 0 radical (unpaired) electrons. The van der Waals surface area contributed by atoms with E-state index in [1.165, 1.54) is 24.3 Å². The summed E-state index contributed by atoms with van der Waals surface area (Å²) in [6.07, 6.45) is -0.828. The van der Waals surface area contributed by atoms with Crippen LogP contribution in [0, 0.1) is 13.0 Å². The van der Waals surface area contributed by atoms with Gasteiger partial charge in [-0.05, 0) is 69.4 Å². The van der Waals surface area contributed by atoms with Gasteiger partial charge in [0, 0.05) is 11.6 Å². The number of carboxylic acid groups (broad SMARTS) is 1. The highest BCUT2D eigenvalue weighted by atomic mass is 127. The summed E-state index contributed by atoms with van der Waals surface area (Å²) in [6.45, 7) is 0. The van der Waals surface area contributed by atoms with Crippen molar-refractivity contribution in [1.82, 2.24) is 0 Å². The van der Waals surface area contributed by atoms with Gasteiger partial charge in [0.1, 0.15) is 11.6 Å². The van der Waals surface area contributed by atoms with Crippen LogP contribution in [-0.4, -0.2) is 11.1 Å². The Bertz CT molecular complexity index is 940. The molecule has 3 rings (SSSR count). The lowest BCUT2D eigenvalue weighted by Gasteiger charge is -2.22. The van der Waals surface area contributed by atoms with Crippen molar-refractivity contribution in [1.29, 1.82) is 0 Å². The lowest BCUT2D eigenvalue weighted by atomic mass is 10.2. The molecular weight excluding hydrogens is 577 g/mol. The van der Waals surface area contributed by atoms with Crippen LogP contribution in [0.4, 0.5) is 4.39 Å². The van der Waals surface area contributed by atoms with Crippen molar-refractivity contribution in [2.75, 3.05) is 0 Å². The van der Waals surface area contributed by atoms with E-state index in [4.69, 9.17) is 9.47 Å². The predicted molar refractivity (Wildman–Crippen MR) is 116 cm³/mol. The second kappa shape index (κ2) is 8.87. The average molecular weight is 590 g/mol. The van der Waals surface area contributed by atoms with Gasteiger partial charge in [0.15, 0.2) is 5.75 Å². The Kier molecular flexibility index (Phi) is 6.53. The normalized spacial score (nSPS) is 11.7. The third-order valence-electron chi connectivity index (χ3n) is 3.58. The summed E-state index contributed by atoms with van der Waals surface area (Å²) in [5.41, 5.74) is 0.925. The van der Waals surface area contributed by atoms with Gasteiger partial charge in [-0.3, -0.25) is 0 Å². The Labute approximate surface area is 182 Å². The molecule has 3 aromatic rings. The number of hydrogen-bond donors (Lipinski definition) is 1. The first-order valence-electron chi connectivity index (χ1n) is 7.80. The van der Waals surface area contributed by atoms with Gasteiger partial charge < -0.3 is 14.6 Å². The van der Waals surface area contributed by atoms with Gasteiger partial charge in [0.05, 0.1) is 12.7 Å². The quantitative estimate of drug-likeness (QED) is 0.288. The van der Waals surface area contributed by atoms with E-state index in [1.807, 2.05) is 75.5 Å². The smallest absolute Gasteiger partial charge is 0.335 e. The maximum absolute atomic E-state index is 13.5. The van der Waals surface area contributed by atoms with Crippen LogP contribution < -0.4 is 9.47 Å². The third kappa shape index (κ3) is 5.10. The fraction of sp³-hybridized carbons (Fsp3) is 0.0500. The zero-order valence-corrected chi connectivity index (χ0v) is 18.0. The number of carbonyl (C=O) groups is 1. The van der Waals surface area contributed by atoms with Gasteiger partial charge in [0.2, 0.25) is 0 Å². The topological polar surface area (TPSA) is 55.8 Å². The van der Waals surface area contributed by atoms with Gasteiger partial charge >= 0.3 is 5.97 Å². The summed E-state index contributed by atoms with van der Waals surface area (Å²) in [7, 11) is 0. The van der Waals surface area contributed by atoms with Gasteiger partial charge in [0.25, 0.3) is 6.29 Å². The largest absolute Gasteiger partial charge is 0.478 e. The minimum absolute atomic E-state index is 0.179. The van der Waals surface area contributed by atoms with Crippen molar-refractivity contribution in [2.45, 2.75) is 6.29 Å². The molecule has 0 aliphatic rings. The summed E-state index contributed by atoms with van der Waals surface area (Å²) in [4.78, 5) is 11.2. The van der Waals surface area contributed by atoms with E-state index < -0.39 is 18.1 Å². The highest BCUT2D eigenvalue weighted by Gasteiger charge is 2.20. The summed E-state index contributed by atoms with van der Waals surface area (Å²) in [5, 5.41) is 9.20. The van der Waals surface area contributed by atoms with E-state index in [0.29, 0.717) is 18.6 Å². The first-order valence-corrected chi connectivity index (χ1v) is 9.96. The number of aromatic carboxylic acids is 1. The van der Waals surface area contributed by atoms with E-state index in [0.717, 1.165) is 5.56 Å². The molecular formula is C20H13FI2O4. The number of ether oxygens (including phenoxy) is 2. The lowest BCUT2D eigenvalue weighted by Crippen LogP contribution is -2.16.